The van der Waals surface area contributed by atoms with Crippen LogP contribution < -0.4 is 5.84 Å². The Morgan fingerprint density at radius 3 is 2.29 bits per heavy atom. The third-order valence-electron chi connectivity index (χ3n) is 2.21. The third-order valence-corrected chi connectivity index (χ3v) is 2.21. The molecule has 0 aromatic heterocycles. The average Bonchev–Trinajstić information content (AvgIpc) is 2.17. The van der Waals surface area contributed by atoms with Crippen molar-refractivity contribution in [2.24, 2.45) is 16.9 Å². The van der Waals surface area contributed by atoms with E-state index in [1.165, 1.54) is 5.56 Å². The van der Waals surface area contributed by atoms with Gasteiger partial charge in [-0.2, -0.15) is 5.10 Å². The topological polar surface area (TPSA) is 38.4 Å². The zero-order valence-corrected chi connectivity index (χ0v) is 9.12. The van der Waals surface area contributed by atoms with Crippen molar-refractivity contribution in [1.82, 2.24) is 0 Å². The third kappa shape index (κ3) is 2.87. The first-order chi connectivity index (χ1) is 6.63. The maximum absolute atomic E-state index is 5.21. The van der Waals surface area contributed by atoms with E-state index in [1.54, 1.807) is 0 Å². The molecule has 2 heteroatoms. The van der Waals surface area contributed by atoms with Crippen molar-refractivity contribution in [1.29, 1.82) is 0 Å². The number of hydrazone groups is 1. The Morgan fingerprint density at radius 2 is 1.86 bits per heavy atom. The minimum atomic E-state index is 0.699. The largest absolute Gasteiger partial charge is 0.323 e. The molecule has 0 bridgehead atoms. The van der Waals surface area contributed by atoms with Crippen molar-refractivity contribution in [3.05, 3.63) is 35.4 Å². The standard InChI is InChI=1S/C12H18N2/c1-9(2)8-11-4-6-12(7-5-11)10(3)14-13/h4-7,9H,8,13H2,1-3H3/b14-10+. The molecule has 1 rings (SSSR count). The lowest BCUT2D eigenvalue weighted by molar-refractivity contribution is 0.647. The van der Waals surface area contributed by atoms with Crippen LogP contribution in [-0.2, 0) is 6.42 Å². The van der Waals surface area contributed by atoms with E-state index < -0.39 is 0 Å². The molecule has 0 spiro atoms. The second kappa shape index (κ2) is 4.80. The second-order valence-corrected chi connectivity index (χ2v) is 4.01. The summed E-state index contributed by atoms with van der Waals surface area (Å²) < 4.78 is 0. The van der Waals surface area contributed by atoms with Crippen molar-refractivity contribution < 1.29 is 0 Å². The Hall–Kier alpha value is -1.31. The SMILES string of the molecule is C/C(=N\N)c1ccc(CC(C)C)cc1. The van der Waals surface area contributed by atoms with Crippen LogP contribution >= 0.6 is 0 Å². The van der Waals surface area contributed by atoms with Crippen molar-refractivity contribution in [2.75, 3.05) is 0 Å². The van der Waals surface area contributed by atoms with Gasteiger partial charge in [-0.05, 0) is 30.4 Å². The second-order valence-electron chi connectivity index (χ2n) is 4.01. The summed E-state index contributed by atoms with van der Waals surface area (Å²) in [6.45, 7) is 6.36. The van der Waals surface area contributed by atoms with Crippen LogP contribution in [0, 0.1) is 5.92 Å². The van der Waals surface area contributed by atoms with Crippen molar-refractivity contribution in [3.63, 3.8) is 0 Å². The van der Waals surface area contributed by atoms with Gasteiger partial charge in [-0.25, -0.2) is 0 Å². The molecule has 0 saturated carbocycles. The van der Waals surface area contributed by atoms with Gasteiger partial charge in [0.05, 0.1) is 5.71 Å². The van der Waals surface area contributed by atoms with Gasteiger partial charge in [0.1, 0.15) is 0 Å². The number of nitrogens with zero attached hydrogens (tertiary/aromatic N) is 1. The van der Waals surface area contributed by atoms with Crippen LogP contribution in [0.5, 0.6) is 0 Å². The molecule has 0 atom stereocenters. The van der Waals surface area contributed by atoms with Crippen LogP contribution in [0.2, 0.25) is 0 Å². The molecule has 0 aliphatic carbocycles. The highest BCUT2D eigenvalue weighted by molar-refractivity contribution is 5.98. The number of hydrogen-bond acceptors (Lipinski definition) is 2. The summed E-state index contributed by atoms with van der Waals surface area (Å²) in [5, 5.41) is 3.67. The fourth-order valence-corrected chi connectivity index (χ4v) is 1.43. The monoisotopic (exact) mass is 190 g/mol. The van der Waals surface area contributed by atoms with E-state index in [4.69, 9.17) is 5.84 Å². The van der Waals surface area contributed by atoms with E-state index in [-0.39, 0.29) is 0 Å². The first-order valence-electron chi connectivity index (χ1n) is 4.97. The van der Waals surface area contributed by atoms with Gasteiger partial charge in [0.25, 0.3) is 0 Å². The zero-order valence-electron chi connectivity index (χ0n) is 9.12. The van der Waals surface area contributed by atoms with Crippen LogP contribution in [0.15, 0.2) is 29.4 Å². The summed E-state index contributed by atoms with van der Waals surface area (Å²) in [7, 11) is 0. The lowest BCUT2D eigenvalue weighted by Crippen LogP contribution is -1.99. The van der Waals surface area contributed by atoms with Crippen LogP contribution in [0.4, 0.5) is 0 Å². The molecule has 0 heterocycles. The quantitative estimate of drug-likeness (QED) is 0.444. The molecular weight excluding hydrogens is 172 g/mol. The molecule has 0 aliphatic rings. The van der Waals surface area contributed by atoms with E-state index >= 15 is 0 Å². The van der Waals surface area contributed by atoms with E-state index in [0.29, 0.717) is 5.92 Å². The predicted molar refractivity (Wildman–Crippen MR) is 61.4 cm³/mol. The van der Waals surface area contributed by atoms with Gasteiger partial charge in [0.15, 0.2) is 0 Å². The summed E-state index contributed by atoms with van der Waals surface area (Å²) >= 11 is 0. The van der Waals surface area contributed by atoms with Gasteiger partial charge in [-0.1, -0.05) is 38.1 Å². The lowest BCUT2D eigenvalue weighted by Gasteiger charge is -2.05. The van der Waals surface area contributed by atoms with E-state index in [9.17, 15) is 0 Å². The summed E-state index contributed by atoms with van der Waals surface area (Å²) in [6, 6.07) is 8.43. The first-order valence-corrected chi connectivity index (χ1v) is 4.97. The molecule has 2 N–H and O–H groups in total. The highest BCUT2D eigenvalue weighted by Gasteiger charge is 1.99. The first kappa shape index (κ1) is 10.8. The summed E-state index contributed by atoms with van der Waals surface area (Å²) in [5.41, 5.74) is 3.34. The molecule has 0 aliphatic heterocycles. The average molecular weight is 190 g/mol. The van der Waals surface area contributed by atoms with Crippen LogP contribution in [-0.4, -0.2) is 5.71 Å². The highest BCUT2D eigenvalue weighted by Crippen LogP contribution is 2.10. The Morgan fingerprint density at radius 1 is 1.29 bits per heavy atom. The van der Waals surface area contributed by atoms with Gasteiger partial charge in [-0.15, -0.1) is 0 Å². The fourth-order valence-electron chi connectivity index (χ4n) is 1.43. The minimum absolute atomic E-state index is 0.699. The van der Waals surface area contributed by atoms with Crippen molar-refractivity contribution in [2.45, 2.75) is 27.2 Å². The maximum atomic E-state index is 5.21. The van der Waals surface area contributed by atoms with Crippen molar-refractivity contribution in [3.8, 4) is 0 Å². The molecule has 1 aromatic carbocycles. The molecule has 0 saturated heterocycles. The summed E-state index contributed by atoms with van der Waals surface area (Å²) in [6.07, 6.45) is 1.12. The normalized spacial score (nSPS) is 12.1. The highest BCUT2D eigenvalue weighted by atomic mass is 15.1. The lowest BCUT2D eigenvalue weighted by atomic mass is 10.0. The zero-order chi connectivity index (χ0) is 10.6. The number of hydrogen-bond donors (Lipinski definition) is 1. The molecule has 0 amide bonds. The molecule has 0 radical (unpaired) electrons. The van der Waals surface area contributed by atoms with E-state index in [0.717, 1.165) is 17.7 Å². The summed E-state index contributed by atoms with van der Waals surface area (Å²) in [4.78, 5) is 0. The Balaban J connectivity index is 2.78. The summed E-state index contributed by atoms with van der Waals surface area (Å²) in [5.74, 6) is 5.91. The van der Waals surface area contributed by atoms with Gasteiger partial charge < -0.3 is 5.84 Å². The van der Waals surface area contributed by atoms with Crippen LogP contribution in [0.1, 0.15) is 31.9 Å². The predicted octanol–water partition coefficient (Wildman–Crippen LogP) is 2.57. The maximum Gasteiger partial charge on any atom is 0.0641 e. The molecular formula is C12H18N2. The molecule has 2 nitrogen and oxygen atoms in total. The van der Waals surface area contributed by atoms with Crippen LogP contribution in [0.25, 0.3) is 0 Å². The molecule has 0 fully saturated rings. The van der Waals surface area contributed by atoms with Gasteiger partial charge in [-0.3, -0.25) is 0 Å². The van der Waals surface area contributed by atoms with Crippen LogP contribution in [0.3, 0.4) is 0 Å². The fraction of sp³-hybridized carbons (Fsp3) is 0.417. The van der Waals surface area contributed by atoms with E-state index in [1.807, 2.05) is 6.92 Å². The Bertz CT molecular complexity index is 310. The van der Waals surface area contributed by atoms with Gasteiger partial charge in [0, 0.05) is 0 Å². The molecule has 14 heavy (non-hydrogen) atoms. The minimum Gasteiger partial charge on any atom is -0.323 e. The smallest absolute Gasteiger partial charge is 0.0641 e. The Kier molecular flexibility index (Phi) is 3.69. The number of benzene rings is 1. The molecule has 1 aromatic rings. The van der Waals surface area contributed by atoms with Crippen molar-refractivity contribution >= 4 is 5.71 Å². The Labute approximate surface area is 85.8 Å². The number of nitrogens with two attached hydrogens (primary N) is 1. The number of rotatable bonds is 3. The molecule has 0 unspecified atom stereocenters. The van der Waals surface area contributed by atoms with Gasteiger partial charge >= 0.3 is 0 Å². The van der Waals surface area contributed by atoms with Gasteiger partial charge in [0.2, 0.25) is 0 Å². The molecule has 76 valence electrons. The van der Waals surface area contributed by atoms with E-state index in [2.05, 4.69) is 43.2 Å².